The van der Waals surface area contributed by atoms with Gasteiger partial charge in [0.05, 0.1) is 0 Å². The largest absolute Gasteiger partial charge is 0.480 e. The van der Waals surface area contributed by atoms with E-state index in [1.54, 1.807) is 0 Å². The lowest BCUT2D eigenvalue weighted by Crippen LogP contribution is -2.41. The van der Waals surface area contributed by atoms with Gasteiger partial charge in [0.15, 0.2) is 5.82 Å². The van der Waals surface area contributed by atoms with Gasteiger partial charge in [0.1, 0.15) is 6.04 Å². The zero-order valence-corrected chi connectivity index (χ0v) is 13.5. The Morgan fingerprint density at radius 3 is 2.64 bits per heavy atom. The first-order valence-electron chi connectivity index (χ1n) is 7.76. The Morgan fingerprint density at radius 2 is 2.05 bits per heavy atom. The van der Waals surface area contributed by atoms with Crippen molar-refractivity contribution in [3.05, 3.63) is 11.7 Å². The highest BCUT2D eigenvalue weighted by Gasteiger charge is 2.20. The molecule has 1 aromatic rings. The quantitative estimate of drug-likeness (QED) is 0.684. The molecule has 1 rings (SSSR count). The Bertz CT molecular complexity index is 485. The van der Waals surface area contributed by atoms with Gasteiger partial charge in [0.25, 0.3) is 0 Å². The molecule has 0 aromatic carbocycles. The molecule has 1 amide bonds. The Kier molecular flexibility index (Phi) is 7.56. The molecule has 0 saturated heterocycles. The molecular formula is C15H25N3O4. The van der Waals surface area contributed by atoms with Crippen LogP contribution in [0.5, 0.6) is 0 Å². The molecule has 0 aliphatic rings. The van der Waals surface area contributed by atoms with E-state index in [1.165, 1.54) is 0 Å². The molecule has 1 aromatic heterocycles. The monoisotopic (exact) mass is 311 g/mol. The van der Waals surface area contributed by atoms with Crippen LogP contribution in [0.25, 0.3) is 0 Å². The number of carbonyl (C=O) groups excluding carboxylic acids is 1. The first-order valence-corrected chi connectivity index (χ1v) is 7.76. The summed E-state index contributed by atoms with van der Waals surface area (Å²) >= 11 is 0. The van der Waals surface area contributed by atoms with Crippen molar-refractivity contribution in [1.29, 1.82) is 0 Å². The van der Waals surface area contributed by atoms with Gasteiger partial charge in [-0.05, 0) is 25.2 Å². The van der Waals surface area contributed by atoms with E-state index in [4.69, 9.17) is 9.63 Å². The van der Waals surface area contributed by atoms with Crippen LogP contribution in [0, 0.1) is 5.92 Å². The summed E-state index contributed by atoms with van der Waals surface area (Å²) in [6.45, 7) is 5.88. The summed E-state index contributed by atoms with van der Waals surface area (Å²) in [5, 5.41) is 15.5. The molecule has 1 atom stereocenters. The van der Waals surface area contributed by atoms with Crippen LogP contribution in [0.4, 0.5) is 0 Å². The molecule has 1 heterocycles. The molecule has 124 valence electrons. The van der Waals surface area contributed by atoms with Crippen molar-refractivity contribution in [2.45, 2.75) is 65.3 Å². The van der Waals surface area contributed by atoms with Gasteiger partial charge in [-0.3, -0.25) is 4.79 Å². The third kappa shape index (κ3) is 6.69. The summed E-state index contributed by atoms with van der Waals surface area (Å²) in [5.74, 6) is 0.152. The van der Waals surface area contributed by atoms with E-state index in [-0.39, 0.29) is 18.2 Å². The fourth-order valence-electron chi connectivity index (χ4n) is 2.08. The molecule has 7 heteroatoms. The molecule has 0 aliphatic carbocycles. The highest BCUT2D eigenvalue weighted by atomic mass is 16.5. The number of carboxylic acids is 1. The van der Waals surface area contributed by atoms with Crippen molar-refractivity contribution >= 4 is 11.9 Å². The number of carboxylic acid groups (broad SMARTS) is 1. The fraction of sp³-hybridized carbons (Fsp3) is 0.733. The predicted molar refractivity (Wildman–Crippen MR) is 80.3 cm³/mol. The minimum absolute atomic E-state index is 0.205. The van der Waals surface area contributed by atoms with E-state index in [0.29, 0.717) is 31.0 Å². The van der Waals surface area contributed by atoms with Gasteiger partial charge in [0, 0.05) is 19.3 Å². The number of hydrogen-bond acceptors (Lipinski definition) is 5. The third-order valence-electron chi connectivity index (χ3n) is 3.12. The van der Waals surface area contributed by atoms with Crippen LogP contribution in [0.2, 0.25) is 0 Å². The highest BCUT2D eigenvalue weighted by Crippen LogP contribution is 2.07. The number of nitrogens with one attached hydrogen (secondary N) is 1. The first kappa shape index (κ1) is 18.1. The van der Waals surface area contributed by atoms with E-state index >= 15 is 0 Å². The standard InChI is InChI=1S/C15H25N3O4/c1-4-6-12-17-14(22-18-12)8-5-7-13(19)16-11(15(20)21)9-10(2)3/h10-11H,4-9H2,1-3H3,(H,16,19)(H,20,21)/t11-/m1/s1. The number of rotatable bonds is 10. The molecular weight excluding hydrogens is 286 g/mol. The van der Waals surface area contributed by atoms with Crippen molar-refractivity contribution in [2.24, 2.45) is 5.92 Å². The normalized spacial score (nSPS) is 12.4. The Balaban J connectivity index is 2.33. The van der Waals surface area contributed by atoms with Crippen molar-refractivity contribution in [2.75, 3.05) is 0 Å². The molecule has 0 unspecified atom stereocenters. The van der Waals surface area contributed by atoms with Crippen molar-refractivity contribution < 1.29 is 19.2 Å². The van der Waals surface area contributed by atoms with Gasteiger partial charge in [-0.1, -0.05) is 25.9 Å². The number of amides is 1. The summed E-state index contributed by atoms with van der Waals surface area (Å²) < 4.78 is 5.08. The number of aliphatic carboxylic acids is 1. The fourth-order valence-corrected chi connectivity index (χ4v) is 2.08. The van der Waals surface area contributed by atoms with E-state index in [1.807, 2.05) is 20.8 Å². The first-order chi connectivity index (χ1) is 10.4. The lowest BCUT2D eigenvalue weighted by molar-refractivity contribution is -0.142. The average Bonchev–Trinajstić information content (AvgIpc) is 2.85. The van der Waals surface area contributed by atoms with E-state index in [9.17, 15) is 9.59 Å². The van der Waals surface area contributed by atoms with Crippen molar-refractivity contribution in [1.82, 2.24) is 15.5 Å². The van der Waals surface area contributed by atoms with Gasteiger partial charge < -0.3 is 14.9 Å². The Morgan fingerprint density at radius 1 is 1.32 bits per heavy atom. The smallest absolute Gasteiger partial charge is 0.326 e. The van der Waals surface area contributed by atoms with E-state index in [2.05, 4.69) is 15.5 Å². The maximum absolute atomic E-state index is 11.8. The molecule has 2 N–H and O–H groups in total. The summed E-state index contributed by atoms with van der Waals surface area (Å²) in [6, 6.07) is -0.827. The number of hydrogen-bond donors (Lipinski definition) is 2. The van der Waals surface area contributed by atoms with Crippen LogP contribution >= 0.6 is 0 Å². The van der Waals surface area contributed by atoms with Crippen LogP contribution in [0.15, 0.2) is 4.52 Å². The molecule has 0 spiro atoms. The van der Waals surface area contributed by atoms with Crippen LogP contribution < -0.4 is 5.32 Å². The van der Waals surface area contributed by atoms with Crippen LogP contribution in [0.3, 0.4) is 0 Å². The second kappa shape index (κ2) is 9.17. The van der Waals surface area contributed by atoms with E-state index < -0.39 is 12.0 Å². The lowest BCUT2D eigenvalue weighted by Gasteiger charge is -2.16. The topological polar surface area (TPSA) is 105 Å². The molecule has 0 fully saturated rings. The van der Waals surface area contributed by atoms with Gasteiger partial charge in [-0.25, -0.2) is 4.79 Å². The number of carbonyl (C=O) groups is 2. The molecule has 22 heavy (non-hydrogen) atoms. The molecule has 0 radical (unpaired) electrons. The van der Waals surface area contributed by atoms with Gasteiger partial charge in [0.2, 0.25) is 11.8 Å². The number of aryl methyl sites for hydroxylation is 2. The summed E-state index contributed by atoms with van der Waals surface area (Å²) in [6.07, 6.45) is 3.46. The summed E-state index contributed by atoms with van der Waals surface area (Å²) in [5.41, 5.74) is 0. The third-order valence-corrected chi connectivity index (χ3v) is 3.12. The van der Waals surface area contributed by atoms with Crippen molar-refractivity contribution in [3.8, 4) is 0 Å². The Labute approximate surface area is 130 Å². The number of nitrogens with zero attached hydrogens (tertiary/aromatic N) is 2. The van der Waals surface area contributed by atoms with Crippen LogP contribution in [-0.2, 0) is 22.4 Å². The molecule has 7 nitrogen and oxygen atoms in total. The predicted octanol–water partition coefficient (Wildman–Crippen LogP) is 1.96. The molecule has 0 bridgehead atoms. The van der Waals surface area contributed by atoms with Gasteiger partial charge >= 0.3 is 5.97 Å². The van der Waals surface area contributed by atoms with Crippen molar-refractivity contribution in [3.63, 3.8) is 0 Å². The van der Waals surface area contributed by atoms with E-state index in [0.717, 1.165) is 12.8 Å². The zero-order chi connectivity index (χ0) is 16.5. The second-order valence-corrected chi connectivity index (χ2v) is 5.80. The highest BCUT2D eigenvalue weighted by molar-refractivity contribution is 5.83. The maximum Gasteiger partial charge on any atom is 0.326 e. The molecule has 0 aliphatic heterocycles. The Hall–Kier alpha value is -1.92. The minimum atomic E-state index is -0.997. The van der Waals surface area contributed by atoms with Gasteiger partial charge in [-0.2, -0.15) is 4.98 Å². The SMILES string of the molecule is CCCc1noc(CCCC(=O)N[C@H](CC(C)C)C(=O)O)n1. The zero-order valence-electron chi connectivity index (χ0n) is 13.5. The second-order valence-electron chi connectivity index (χ2n) is 5.80. The van der Waals surface area contributed by atoms with Crippen LogP contribution in [-0.4, -0.2) is 33.2 Å². The average molecular weight is 311 g/mol. The molecule has 0 saturated carbocycles. The lowest BCUT2D eigenvalue weighted by atomic mass is 10.0. The minimum Gasteiger partial charge on any atom is -0.480 e. The van der Waals surface area contributed by atoms with Gasteiger partial charge in [-0.15, -0.1) is 0 Å². The number of aromatic nitrogens is 2. The summed E-state index contributed by atoms with van der Waals surface area (Å²) in [4.78, 5) is 27.1. The maximum atomic E-state index is 11.8. The summed E-state index contributed by atoms with van der Waals surface area (Å²) in [7, 11) is 0. The van der Waals surface area contributed by atoms with Crippen LogP contribution in [0.1, 0.15) is 58.2 Å².